The third kappa shape index (κ3) is 5.49. The second-order valence-electron chi connectivity index (χ2n) is 8.46. The summed E-state index contributed by atoms with van der Waals surface area (Å²) in [5.74, 6) is 0.513. The number of aromatic nitrogens is 2. The second kappa shape index (κ2) is 8.89. The normalized spacial score (nSPS) is 17.6. The summed E-state index contributed by atoms with van der Waals surface area (Å²) in [4.78, 5) is 23.2. The molecular formula is C24H27N5OS. The molecule has 1 amide bonds. The van der Waals surface area contributed by atoms with Gasteiger partial charge in [0.05, 0.1) is 15.4 Å². The maximum Gasteiger partial charge on any atom is 0.261 e. The van der Waals surface area contributed by atoms with Crippen molar-refractivity contribution in [1.29, 1.82) is 0 Å². The number of hydrogen-bond donors (Lipinski definition) is 3. The summed E-state index contributed by atoms with van der Waals surface area (Å²) < 4.78 is 0. The van der Waals surface area contributed by atoms with Crippen molar-refractivity contribution in [2.75, 3.05) is 5.32 Å². The fourth-order valence-corrected chi connectivity index (χ4v) is 4.77. The number of piperidine rings is 1. The van der Waals surface area contributed by atoms with Crippen molar-refractivity contribution in [2.24, 2.45) is 0 Å². The molecule has 1 fully saturated rings. The van der Waals surface area contributed by atoms with Crippen LogP contribution in [0.3, 0.4) is 0 Å². The predicted octanol–water partition coefficient (Wildman–Crippen LogP) is 4.59. The molecule has 31 heavy (non-hydrogen) atoms. The molecule has 1 saturated heterocycles. The number of rotatable bonds is 6. The highest BCUT2D eigenvalue weighted by atomic mass is 32.1. The molecule has 1 aliphatic heterocycles. The lowest BCUT2D eigenvalue weighted by Crippen LogP contribution is -2.48. The molecule has 7 heteroatoms. The van der Waals surface area contributed by atoms with Crippen molar-refractivity contribution in [2.45, 2.75) is 44.8 Å². The number of carbonyl (C=O) groups is 1. The van der Waals surface area contributed by atoms with E-state index >= 15 is 0 Å². The van der Waals surface area contributed by atoms with E-state index in [1.165, 1.54) is 11.3 Å². The van der Waals surface area contributed by atoms with Gasteiger partial charge in [0.2, 0.25) is 5.95 Å². The minimum atomic E-state index is -0.0806. The van der Waals surface area contributed by atoms with Gasteiger partial charge in [-0.25, -0.2) is 9.97 Å². The number of anilines is 1. The van der Waals surface area contributed by atoms with Crippen LogP contribution in [-0.2, 0) is 6.54 Å². The Bertz CT molecular complexity index is 1080. The SMILES string of the molecule is C=C1CC(Nc2nccc(-c3ccc(C(=O)NCc4ccccc4)s3)n2)CC(C)(C)N1. The molecule has 0 spiro atoms. The van der Waals surface area contributed by atoms with Gasteiger partial charge in [0.1, 0.15) is 0 Å². The molecule has 1 aliphatic rings. The topological polar surface area (TPSA) is 78.9 Å². The predicted molar refractivity (Wildman–Crippen MR) is 126 cm³/mol. The molecule has 1 unspecified atom stereocenters. The Kier molecular flexibility index (Phi) is 6.04. The quantitative estimate of drug-likeness (QED) is 0.530. The van der Waals surface area contributed by atoms with Gasteiger partial charge in [0.25, 0.3) is 5.91 Å². The molecule has 0 aliphatic carbocycles. The molecular weight excluding hydrogens is 406 g/mol. The van der Waals surface area contributed by atoms with E-state index < -0.39 is 0 Å². The van der Waals surface area contributed by atoms with E-state index in [-0.39, 0.29) is 17.5 Å². The average Bonchev–Trinajstić information content (AvgIpc) is 3.22. The Morgan fingerprint density at radius 2 is 2.03 bits per heavy atom. The number of nitrogens with one attached hydrogen (secondary N) is 3. The van der Waals surface area contributed by atoms with E-state index in [1.54, 1.807) is 6.20 Å². The van der Waals surface area contributed by atoms with Gasteiger partial charge in [-0.2, -0.15) is 0 Å². The summed E-state index contributed by atoms with van der Waals surface area (Å²) in [6, 6.07) is 15.7. The Morgan fingerprint density at radius 3 is 2.81 bits per heavy atom. The lowest BCUT2D eigenvalue weighted by Gasteiger charge is -2.38. The summed E-state index contributed by atoms with van der Waals surface area (Å²) in [6.07, 6.45) is 3.53. The molecule has 0 radical (unpaired) electrons. The van der Waals surface area contributed by atoms with Gasteiger partial charge < -0.3 is 16.0 Å². The van der Waals surface area contributed by atoms with Gasteiger partial charge in [-0.3, -0.25) is 4.79 Å². The van der Waals surface area contributed by atoms with Gasteiger partial charge in [-0.1, -0.05) is 36.9 Å². The van der Waals surface area contributed by atoms with Crippen LogP contribution in [0.2, 0.25) is 0 Å². The lowest BCUT2D eigenvalue weighted by atomic mass is 9.88. The smallest absolute Gasteiger partial charge is 0.261 e. The monoisotopic (exact) mass is 433 g/mol. The number of nitrogens with zero attached hydrogens (tertiary/aromatic N) is 2. The molecule has 0 saturated carbocycles. The summed E-state index contributed by atoms with van der Waals surface area (Å²) in [5.41, 5.74) is 2.88. The Balaban J connectivity index is 1.42. The van der Waals surface area contributed by atoms with E-state index in [0.717, 1.165) is 34.7 Å². The largest absolute Gasteiger partial charge is 0.384 e. The van der Waals surface area contributed by atoms with Crippen LogP contribution in [0.15, 0.2) is 67.0 Å². The van der Waals surface area contributed by atoms with Crippen LogP contribution in [0.25, 0.3) is 10.6 Å². The van der Waals surface area contributed by atoms with Crippen molar-refractivity contribution in [3.05, 3.63) is 77.4 Å². The van der Waals surface area contributed by atoms with E-state index in [2.05, 4.69) is 46.3 Å². The third-order valence-corrected chi connectivity index (χ3v) is 6.24. The molecule has 1 atom stereocenters. The van der Waals surface area contributed by atoms with Gasteiger partial charge in [-0.05, 0) is 44.0 Å². The van der Waals surface area contributed by atoms with Crippen molar-refractivity contribution in [3.63, 3.8) is 0 Å². The number of amides is 1. The van der Waals surface area contributed by atoms with Crippen LogP contribution in [0.1, 0.15) is 41.9 Å². The first-order chi connectivity index (χ1) is 14.9. The summed E-state index contributed by atoms with van der Waals surface area (Å²) in [7, 11) is 0. The highest BCUT2D eigenvalue weighted by molar-refractivity contribution is 7.17. The van der Waals surface area contributed by atoms with Gasteiger partial charge >= 0.3 is 0 Å². The summed E-state index contributed by atoms with van der Waals surface area (Å²) in [5, 5.41) is 9.85. The van der Waals surface area contributed by atoms with E-state index in [4.69, 9.17) is 0 Å². The van der Waals surface area contributed by atoms with E-state index in [1.807, 2.05) is 48.5 Å². The summed E-state index contributed by atoms with van der Waals surface area (Å²) in [6.45, 7) is 8.93. The van der Waals surface area contributed by atoms with E-state index in [0.29, 0.717) is 17.4 Å². The van der Waals surface area contributed by atoms with Gasteiger partial charge in [-0.15, -0.1) is 11.3 Å². The molecule has 2 aromatic heterocycles. The molecule has 1 aromatic carbocycles. The van der Waals surface area contributed by atoms with Crippen molar-refractivity contribution in [3.8, 4) is 10.6 Å². The van der Waals surface area contributed by atoms with Gasteiger partial charge in [0.15, 0.2) is 0 Å². The van der Waals surface area contributed by atoms with Crippen LogP contribution in [0.5, 0.6) is 0 Å². The zero-order chi connectivity index (χ0) is 21.8. The fourth-order valence-electron chi connectivity index (χ4n) is 3.88. The first kappa shape index (κ1) is 21.1. The number of hydrogen-bond acceptors (Lipinski definition) is 6. The first-order valence-corrected chi connectivity index (χ1v) is 11.2. The van der Waals surface area contributed by atoms with Crippen LogP contribution < -0.4 is 16.0 Å². The highest BCUT2D eigenvalue weighted by Crippen LogP contribution is 2.29. The average molecular weight is 434 g/mol. The molecule has 160 valence electrons. The second-order valence-corrected chi connectivity index (χ2v) is 9.54. The number of benzene rings is 1. The van der Waals surface area contributed by atoms with Crippen molar-refractivity contribution < 1.29 is 4.79 Å². The maximum absolute atomic E-state index is 12.5. The van der Waals surface area contributed by atoms with E-state index in [9.17, 15) is 4.79 Å². The maximum atomic E-state index is 12.5. The molecule has 0 bridgehead atoms. The standard InChI is InChI=1S/C24H27N5OS/c1-16-13-18(14-24(2,3)29-16)27-23-25-12-11-19(28-23)20-9-10-21(31-20)22(30)26-15-17-7-5-4-6-8-17/h4-12,18,29H,1,13-15H2,2-3H3,(H,26,30)(H,25,27,28). The zero-order valence-electron chi connectivity index (χ0n) is 17.8. The Morgan fingerprint density at radius 1 is 1.23 bits per heavy atom. The number of carbonyl (C=O) groups excluding carboxylic acids is 1. The number of thiophene rings is 1. The molecule has 6 nitrogen and oxygen atoms in total. The molecule has 3 aromatic rings. The van der Waals surface area contributed by atoms with Crippen molar-refractivity contribution in [1.82, 2.24) is 20.6 Å². The van der Waals surface area contributed by atoms with Crippen LogP contribution in [0, 0.1) is 0 Å². The molecule has 4 rings (SSSR count). The van der Waals surface area contributed by atoms with Crippen LogP contribution in [-0.4, -0.2) is 27.5 Å². The first-order valence-electron chi connectivity index (χ1n) is 10.4. The van der Waals surface area contributed by atoms with Gasteiger partial charge in [0, 0.05) is 36.4 Å². The lowest BCUT2D eigenvalue weighted by molar-refractivity contribution is 0.0955. The minimum Gasteiger partial charge on any atom is -0.384 e. The molecule has 3 heterocycles. The third-order valence-electron chi connectivity index (χ3n) is 5.13. The Labute approximate surface area is 186 Å². The van der Waals surface area contributed by atoms with Crippen molar-refractivity contribution >= 4 is 23.2 Å². The highest BCUT2D eigenvalue weighted by Gasteiger charge is 2.29. The molecule has 3 N–H and O–H groups in total. The van der Waals surface area contributed by atoms with Crippen LogP contribution in [0.4, 0.5) is 5.95 Å². The minimum absolute atomic E-state index is 0.0135. The Hall–Kier alpha value is -3.19. The zero-order valence-corrected chi connectivity index (χ0v) is 18.6. The summed E-state index contributed by atoms with van der Waals surface area (Å²) >= 11 is 1.43. The fraction of sp³-hybridized carbons (Fsp3) is 0.292. The van der Waals surface area contributed by atoms with Crippen LogP contribution >= 0.6 is 11.3 Å².